The lowest BCUT2D eigenvalue weighted by Gasteiger charge is -2.17. The Morgan fingerprint density at radius 2 is 1.95 bits per heavy atom. The Balaban J connectivity index is 2.02. The fourth-order valence-corrected chi connectivity index (χ4v) is 3.27. The van der Waals surface area contributed by atoms with Crippen molar-refractivity contribution in [1.29, 1.82) is 0 Å². The molecule has 0 bridgehead atoms. The van der Waals surface area contributed by atoms with Crippen molar-refractivity contribution >= 4 is 5.91 Å². The number of hydrogen-bond donors (Lipinski definition) is 1. The number of rotatable bonds is 4. The Bertz CT molecular complexity index is 706. The fourth-order valence-electron chi connectivity index (χ4n) is 3.27. The van der Waals surface area contributed by atoms with E-state index in [0.29, 0.717) is 5.56 Å². The van der Waals surface area contributed by atoms with Crippen LogP contribution in [0.25, 0.3) is 0 Å². The van der Waals surface area contributed by atoms with Crippen LogP contribution in [0.2, 0.25) is 0 Å². The van der Waals surface area contributed by atoms with Crippen LogP contribution in [0.5, 0.6) is 5.75 Å². The summed E-state index contributed by atoms with van der Waals surface area (Å²) >= 11 is 0. The van der Waals surface area contributed by atoms with Crippen LogP contribution in [0.3, 0.4) is 0 Å². The second-order valence-electron chi connectivity index (χ2n) is 6.07. The van der Waals surface area contributed by atoms with Crippen molar-refractivity contribution in [1.82, 2.24) is 0 Å². The third kappa shape index (κ3) is 2.71. The second-order valence-corrected chi connectivity index (χ2v) is 6.07. The van der Waals surface area contributed by atoms with Crippen LogP contribution in [0.1, 0.15) is 53.2 Å². The van der Waals surface area contributed by atoms with E-state index in [1.165, 1.54) is 11.1 Å². The first-order valence-corrected chi connectivity index (χ1v) is 7.74. The lowest BCUT2D eigenvalue weighted by atomic mass is 9.89. The number of ether oxygens (including phenoxy) is 1. The van der Waals surface area contributed by atoms with Gasteiger partial charge < -0.3 is 10.5 Å². The summed E-state index contributed by atoms with van der Waals surface area (Å²) in [6.45, 7) is 4.04. The third-order valence-electron chi connectivity index (χ3n) is 4.17. The van der Waals surface area contributed by atoms with E-state index >= 15 is 0 Å². The molecule has 0 radical (unpaired) electrons. The van der Waals surface area contributed by atoms with Gasteiger partial charge >= 0.3 is 0 Å². The van der Waals surface area contributed by atoms with Crippen LogP contribution in [-0.2, 0) is 6.42 Å². The molecule has 1 amide bonds. The Morgan fingerprint density at radius 3 is 2.68 bits per heavy atom. The average Bonchev–Trinajstić information content (AvgIpc) is 2.89. The predicted molar refractivity (Wildman–Crippen MR) is 87.3 cm³/mol. The van der Waals surface area contributed by atoms with Crippen molar-refractivity contribution < 1.29 is 9.53 Å². The van der Waals surface area contributed by atoms with Crippen LogP contribution < -0.4 is 10.5 Å². The highest BCUT2D eigenvalue weighted by molar-refractivity contribution is 5.94. The van der Waals surface area contributed by atoms with Crippen LogP contribution in [-0.4, -0.2) is 12.0 Å². The second kappa shape index (κ2) is 5.84. The van der Waals surface area contributed by atoms with Gasteiger partial charge in [-0.05, 0) is 61.6 Å². The van der Waals surface area contributed by atoms with Gasteiger partial charge in [0.25, 0.3) is 0 Å². The molecule has 2 N–H and O–H groups in total. The number of nitrogens with two attached hydrogens (primary N) is 1. The topological polar surface area (TPSA) is 52.3 Å². The lowest BCUT2D eigenvalue weighted by molar-refractivity contribution is 0.0999. The van der Waals surface area contributed by atoms with E-state index in [-0.39, 0.29) is 17.9 Å². The summed E-state index contributed by atoms with van der Waals surface area (Å²) in [7, 11) is 0. The van der Waals surface area contributed by atoms with Gasteiger partial charge in [-0.1, -0.05) is 24.3 Å². The summed E-state index contributed by atoms with van der Waals surface area (Å²) in [6.07, 6.45) is 2.18. The van der Waals surface area contributed by atoms with Gasteiger partial charge in [-0.3, -0.25) is 4.79 Å². The van der Waals surface area contributed by atoms with Gasteiger partial charge in [0, 0.05) is 11.5 Å². The van der Waals surface area contributed by atoms with E-state index in [9.17, 15) is 4.79 Å². The SMILES string of the molecule is CC(C)Oc1ccc2c(c1)[C@H](c1ccccc1C(N)=O)CC2. The van der Waals surface area contributed by atoms with Crippen LogP contribution in [0.15, 0.2) is 42.5 Å². The molecular weight excluding hydrogens is 274 g/mol. The first kappa shape index (κ1) is 14.6. The van der Waals surface area contributed by atoms with Crippen molar-refractivity contribution in [2.24, 2.45) is 5.73 Å². The molecule has 1 aliphatic carbocycles. The van der Waals surface area contributed by atoms with Gasteiger partial charge in [0.1, 0.15) is 5.75 Å². The zero-order valence-electron chi connectivity index (χ0n) is 13.0. The Kier molecular flexibility index (Phi) is 3.88. The molecule has 2 aromatic carbocycles. The van der Waals surface area contributed by atoms with Gasteiger partial charge in [-0.2, -0.15) is 0 Å². The first-order chi connectivity index (χ1) is 10.6. The third-order valence-corrected chi connectivity index (χ3v) is 4.17. The van der Waals surface area contributed by atoms with Gasteiger partial charge in [-0.25, -0.2) is 0 Å². The van der Waals surface area contributed by atoms with E-state index < -0.39 is 0 Å². The van der Waals surface area contributed by atoms with E-state index in [1.807, 2.05) is 44.2 Å². The molecule has 0 saturated heterocycles. The van der Waals surface area contributed by atoms with Crippen LogP contribution in [0.4, 0.5) is 0 Å². The summed E-state index contributed by atoms with van der Waals surface area (Å²) < 4.78 is 5.81. The van der Waals surface area contributed by atoms with Gasteiger partial charge in [0.15, 0.2) is 0 Å². The molecule has 0 fully saturated rings. The Morgan fingerprint density at radius 1 is 1.18 bits per heavy atom. The molecule has 1 atom stereocenters. The predicted octanol–water partition coefficient (Wildman–Crippen LogP) is 3.65. The molecule has 0 heterocycles. The molecule has 1 aliphatic rings. The number of primary amides is 1. The monoisotopic (exact) mass is 295 g/mol. The molecule has 3 heteroatoms. The number of amides is 1. The summed E-state index contributed by atoms with van der Waals surface area (Å²) in [5.74, 6) is 0.741. The lowest BCUT2D eigenvalue weighted by Crippen LogP contribution is -2.15. The molecule has 2 aromatic rings. The number of hydrogen-bond acceptors (Lipinski definition) is 2. The van der Waals surface area contributed by atoms with Crippen molar-refractivity contribution in [2.75, 3.05) is 0 Å². The minimum absolute atomic E-state index is 0.149. The average molecular weight is 295 g/mol. The highest BCUT2D eigenvalue weighted by Gasteiger charge is 2.27. The zero-order chi connectivity index (χ0) is 15.7. The molecule has 3 rings (SSSR count). The van der Waals surface area contributed by atoms with Gasteiger partial charge in [0.05, 0.1) is 6.10 Å². The maximum Gasteiger partial charge on any atom is 0.248 e. The summed E-state index contributed by atoms with van der Waals surface area (Å²) in [4.78, 5) is 11.7. The Hall–Kier alpha value is -2.29. The minimum atomic E-state index is -0.362. The van der Waals surface area contributed by atoms with Crippen molar-refractivity contribution in [3.63, 3.8) is 0 Å². The van der Waals surface area contributed by atoms with E-state index in [0.717, 1.165) is 24.2 Å². The molecule has 114 valence electrons. The number of benzene rings is 2. The smallest absolute Gasteiger partial charge is 0.248 e. The Labute approximate surface area is 131 Å². The minimum Gasteiger partial charge on any atom is -0.491 e. The number of carbonyl (C=O) groups excluding carboxylic acids is 1. The van der Waals surface area contributed by atoms with Gasteiger partial charge in [0.2, 0.25) is 5.91 Å². The maximum absolute atomic E-state index is 11.7. The van der Waals surface area contributed by atoms with Crippen LogP contribution >= 0.6 is 0 Å². The molecule has 0 aromatic heterocycles. The molecule has 0 spiro atoms. The summed E-state index contributed by atoms with van der Waals surface area (Å²) in [5, 5.41) is 0. The van der Waals surface area contributed by atoms with Crippen molar-refractivity contribution in [2.45, 2.75) is 38.7 Å². The standard InChI is InChI=1S/C19H21NO2/c1-12(2)22-14-9-7-13-8-10-16(18(13)11-14)15-5-3-4-6-17(15)19(20)21/h3-7,9,11-12,16H,8,10H2,1-2H3,(H2,20,21)/t16-/m0/s1. The molecule has 0 aliphatic heterocycles. The number of carbonyl (C=O) groups is 1. The van der Waals surface area contributed by atoms with E-state index in [4.69, 9.17) is 10.5 Å². The number of aryl methyl sites for hydroxylation is 1. The molecule has 22 heavy (non-hydrogen) atoms. The summed E-state index contributed by atoms with van der Waals surface area (Å²) in [6, 6.07) is 13.9. The largest absolute Gasteiger partial charge is 0.491 e. The van der Waals surface area contributed by atoms with Crippen molar-refractivity contribution in [3.8, 4) is 5.75 Å². The highest BCUT2D eigenvalue weighted by Crippen LogP contribution is 2.41. The number of fused-ring (bicyclic) bond motifs is 1. The summed E-state index contributed by atoms with van der Waals surface area (Å²) in [5.41, 5.74) is 9.77. The molecule has 0 unspecified atom stereocenters. The van der Waals surface area contributed by atoms with Crippen LogP contribution in [0, 0.1) is 0 Å². The maximum atomic E-state index is 11.7. The molecule has 0 saturated carbocycles. The normalized spacial score (nSPS) is 16.6. The zero-order valence-corrected chi connectivity index (χ0v) is 13.0. The van der Waals surface area contributed by atoms with Crippen molar-refractivity contribution in [3.05, 3.63) is 64.7 Å². The quantitative estimate of drug-likeness (QED) is 0.936. The fraction of sp³-hybridized carbons (Fsp3) is 0.316. The molecule has 3 nitrogen and oxygen atoms in total. The first-order valence-electron chi connectivity index (χ1n) is 7.74. The van der Waals surface area contributed by atoms with E-state index in [1.54, 1.807) is 0 Å². The van der Waals surface area contributed by atoms with E-state index in [2.05, 4.69) is 12.1 Å². The van der Waals surface area contributed by atoms with Gasteiger partial charge in [-0.15, -0.1) is 0 Å². The highest BCUT2D eigenvalue weighted by atomic mass is 16.5. The molecular formula is C19H21NO2.